The van der Waals surface area contributed by atoms with E-state index in [0.717, 1.165) is 12.7 Å². The third-order valence-corrected chi connectivity index (χ3v) is 5.57. The van der Waals surface area contributed by atoms with Gasteiger partial charge in [0.15, 0.2) is 0 Å². The number of aromatic nitrogens is 1. The van der Waals surface area contributed by atoms with Gasteiger partial charge in [0.1, 0.15) is 23.0 Å². The van der Waals surface area contributed by atoms with E-state index < -0.39 is 26.8 Å². The Morgan fingerprint density at radius 2 is 1.67 bits per heavy atom. The van der Waals surface area contributed by atoms with Crippen molar-refractivity contribution in [3.63, 3.8) is 0 Å². The predicted molar refractivity (Wildman–Crippen MR) is 115 cm³/mol. The van der Waals surface area contributed by atoms with Crippen LogP contribution in [0.5, 0.6) is 11.5 Å². The van der Waals surface area contributed by atoms with Crippen molar-refractivity contribution >= 4 is 21.9 Å². The molecule has 6 nitrogen and oxygen atoms in total. The normalized spacial score (nSPS) is 13.4. The van der Waals surface area contributed by atoms with Crippen molar-refractivity contribution in [1.82, 2.24) is 10.3 Å². The molecule has 2 N–H and O–H groups in total. The van der Waals surface area contributed by atoms with E-state index in [4.69, 9.17) is 9.47 Å². The Hall–Kier alpha value is -3.54. The third-order valence-electron chi connectivity index (χ3n) is 4.42. The summed E-state index contributed by atoms with van der Waals surface area (Å²) in [6, 6.07) is 10.5. The van der Waals surface area contributed by atoms with Crippen LogP contribution in [0.2, 0.25) is 0 Å². The second-order valence-electron chi connectivity index (χ2n) is 6.89. The molecule has 0 fully saturated rings. The molecule has 12 heteroatoms. The number of nitrogens with zero attached hydrogens (tertiary/aromatic N) is 1. The van der Waals surface area contributed by atoms with Crippen molar-refractivity contribution in [3.05, 3.63) is 78.1 Å². The highest BCUT2D eigenvalue weighted by Gasteiger charge is 2.65. The second-order valence-corrected chi connectivity index (χ2v) is 9.30. The molecular weight excluding hydrogens is 469 g/mol. The van der Waals surface area contributed by atoms with E-state index in [1.165, 1.54) is 0 Å². The molecule has 1 heterocycles. The van der Waals surface area contributed by atoms with Gasteiger partial charge in [0.25, 0.3) is 0 Å². The minimum atomic E-state index is -9.93. The number of anilines is 1. The van der Waals surface area contributed by atoms with Crippen molar-refractivity contribution in [2.24, 2.45) is 0 Å². The summed E-state index contributed by atoms with van der Waals surface area (Å²) in [5, 5.41) is 4.58. The first-order valence-electron chi connectivity index (χ1n) is 9.42. The van der Waals surface area contributed by atoms with Gasteiger partial charge in [-0.25, -0.2) is 4.79 Å². The van der Waals surface area contributed by atoms with Crippen molar-refractivity contribution in [2.75, 3.05) is 12.4 Å². The molecule has 0 atom stereocenters. The third kappa shape index (κ3) is 6.72. The van der Waals surface area contributed by atoms with Gasteiger partial charge >= 0.3 is 16.3 Å². The Morgan fingerprint density at radius 1 is 0.970 bits per heavy atom. The summed E-state index contributed by atoms with van der Waals surface area (Å²) in [6.07, 6.45) is 3.24. The molecule has 2 aromatic carbocycles. The number of urea groups is 1. The lowest BCUT2D eigenvalue weighted by Gasteiger charge is -2.40. The van der Waals surface area contributed by atoms with Crippen molar-refractivity contribution in [2.45, 2.75) is 18.0 Å². The van der Waals surface area contributed by atoms with E-state index in [-0.39, 0.29) is 31.0 Å². The fourth-order valence-electron chi connectivity index (χ4n) is 2.80. The minimum absolute atomic E-state index is 0.0398. The Labute approximate surface area is 186 Å². The van der Waals surface area contributed by atoms with E-state index in [9.17, 15) is 24.2 Å². The van der Waals surface area contributed by atoms with Crippen LogP contribution >= 0.6 is 10.2 Å². The quantitative estimate of drug-likeness (QED) is 0.348. The summed E-state index contributed by atoms with van der Waals surface area (Å²) in [5.74, 6) is 0.270. The van der Waals surface area contributed by atoms with Gasteiger partial charge < -0.3 is 20.1 Å². The molecule has 178 valence electrons. The zero-order chi connectivity index (χ0) is 24.2. The number of amides is 2. The lowest BCUT2D eigenvalue weighted by atomic mass is 10.2. The molecule has 0 spiro atoms. The zero-order valence-electron chi connectivity index (χ0n) is 17.2. The van der Waals surface area contributed by atoms with Gasteiger partial charge in [-0.2, -0.15) is 0 Å². The highest BCUT2D eigenvalue weighted by atomic mass is 32.5. The van der Waals surface area contributed by atoms with E-state index in [1.807, 2.05) is 0 Å². The minimum Gasteiger partial charge on any atom is -0.495 e. The molecule has 1 aromatic heterocycles. The van der Waals surface area contributed by atoms with Gasteiger partial charge in [0.2, 0.25) is 0 Å². The number of nitrogens with one attached hydrogen (secondary N) is 2. The number of methoxy groups -OCH3 is 1. The highest BCUT2D eigenvalue weighted by Crippen LogP contribution is 3.02. The van der Waals surface area contributed by atoms with Crippen LogP contribution in [0.4, 0.5) is 29.9 Å². The molecule has 0 aliphatic carbocycles. The number of pyridine rings is 1. The fourth-order valence-corrected chi connectivity index (χ4v) is 3.46. The van der Waals surface area contributed by atoms with Crippen LogP contribution in [-0.4, -0.2) is 18.1 Å². The lowest BCUT2D eigenvalue weighted by molar-refractivity contribution is 0.251. The van der Waals surface area contributed by atoms with Gasteiger partial charge in [-0.1, -0.05) is 37.6 Å². The molecule has 0 unspecified atom stereocenters. The molecule has 0 saturated carbocycles. The highest BCUT2D eigenvalue weighted by molar-refractivity contribution is 8.45. The maximum absolute atomic E-state index is 13.1. The Bertz CT molecular complexity index is 1150. The standard InChI is InChI=1S/C21H20F5N3O3S/c1-31-20-7-6-17(33(22,23,24,25)26)12-18(20)29-21(30)28-13-16-4-2-3-5-19(16)32-14-15-8-10-27-11-9-15/h2-12H,13-14H2,1H3,(H2,28,29,30). The average Bonchev–Trinajstić information content (AvgIpc) is 2.76. The van der Waals surface area contributed by atoms with Gasteiger partial charge in [0.05, 0.1) is 12.8 Å². The molecule has 3 rings (SSSR count). The number of carbonyl (C=O) groups is 1. The SMILES string of the molecule is COc1ccc(S(F)(F)(F)(F)F)cc1NC(=O)NCc1ccccc1OCc1ccncc1. The van der Waals surface area contributed by atoms with Gasteiger partial charge in [-0.05, 0) is 42.0 Å². The summed E-state index contributed by atoms with van der Waals surface area (Å²) < 4.78 is 76.2. The van der Waals surface area contributed by atoms with Crippen LogP contribution in [0.1, 0.15) is 11.1 Å². The summed E-state index contributed by atoms with van der Waals surface area (Å²) >= 11 is 0. The fraction of sp³-hybridized carbons (Fsp3) is 0.143. The van der Waals surface area contributed by atoms with E-state index >= 15 is 0 Å². The van der Waals surface area contributed by atoms with Gasteiger partial charge in [0, 0.05) is 24.5 Å². The summed E-state index contributed by atoms with van der Waals surface area (Å²) in [5.41, 5.74) is 0.916. The number of halogens is 5. The summed E-state index contributed by atoms with van der Waals surface area (Å²) in [4.78, 5) is 14.1. The number of hydrogen-bond donors (Lipinski definition) is 2. The molecule has 0 aliphatic rings. The first kappa shape index (κ1) is 24.1. The van der Waals surface area contributed by atoms with Crippen LogP contribution in [0.25, 0.3) is 0 Å². The Balaban J connectivity index is 1.69. The first-order chi connectivity index (χ1) is 15.4. The number of para-hydroxylation sites is 1. The van der Waals surface area contributed by atoms with Crippen molar-refractivity contribution in [1.29, 1.82) is 0 Å². The number of carbonyl (C=O) groups excluding carboxylic acids is 1. The van der Waals surface area contributed by atoms with E-state index in [2.05, 4.69) is 15.6 Å². The average molecular weight is 489 g/mol. The Morgan fingerprint density at radius 3 is 2.33 bits per heavy atom. The molecule has 0 bridgehead atoms. The van der Waals surface area contributed by atoms with Crippen molar-refractivity contribution < 1.29 is 33.7 Å². The number of benzene rings is 2. The van der Waals surface area contributed by atoms with E-state index in [0.29, 0.717) is 17.4 Å². The molecule has 3 aromatic rings. The van der Waals surface area contributed by atoms with Gasteiger partial charge in [-0.15, -0.1) is 0 Å². The molecule has 2 amide bonds. The molecule has 0 saturated heterocycles. The van der Waals surface area contributed by atoms with Crippen LogP contribution in [0.15, 0.2) is 71.9 Å². The Kier molecular flexibility index (Phi) is 6.16. The smallest absolute Gasteiger partial charge is 0.319 e. The predicted octanol–water partition coefficient (Wildman–Crippen LogP) is 6.65. The van der Waals surface area contributed by atoms with Crippen molar-refractivity contribution in [3.8, 4) is 11.5 Å². The second kappa shape index (κ2) is 8.43. The maximum Gasteiger partial charge on any atom is 0.319 e. The van der Waals surface area contributed by atoms with Gasteiger partial charge in [-0.3, -0.25) is 4.98 Å². The topological polar surface area (TPSA) is 72.5 Å². The monoisotopic (exact) mass is 489 g/mol. The molecule has 33 heavy (non-hydrogen) atoms. The number of rotatable bonds is 8. The van der Waals surface area contributed by atoms with Crippen LogP contribution in [-0.2, 0) is 13.2 Å². The van der Waals surface area contributed by atoms with Crippen LogP contribution in [0, 0.1) is 0 Å². The lowest BCUT2D eigenvalue weighted by Crippen LogP contribution is -2.28. The van der Waals surface area contributed by atoms with Crippen LogP contribution in [0.3, 0.4) is 0 Å². The molecule has 0 aliphatic heterocycles. The molecular formula is C21H20F5N3O3S. The van der Waals surface area contributed by atoms with E-state index in [1.54, 1.807) is 48.8 Å². The maximum atomic E-state index is 13.1. The largest absolute Gasteiger partial charge is 0.495 e. The number of hydrogen-bond acceptors (Lipinski definition) is 4. The summed E-state index contributed by atoms with van der Waals surface area (Å²) in [6.45, 7) is 0.214. The van der Waals surface area contributed by atoms with Crippen LogP contribution < -0.4 is 20.1 Å². The first-order valence-corrected chi connectivity index (χ1v) is 11.4. The number of ether oxygens (including phenoxy) is 2. The summed E-state index contributed by atoms with van der Waals surface area (Å²) in [7, 11) is -8.80. The molecule has 0 radical (unpaired) electrons. The zero-order valence-corrected chi connectivity index (χ0v) is 18.1.